The molecule has 9 nitrogen and oxygen atoms in total. The maximum Gasteiger partial charge on any atom is 0.277 e. The minimum atomic E-state index is -3.85. The molecule has 19 heavy (non-hydrogen) atoms. The lowest BCUT2D eigenvalue weighted by Gasteiger charge is -2.09. The first-order valence-electron chi connectivity index (χ1n) is 5.02. The molecule has 0 aliphatic heterocycles. The van der Waals surface area contributed by atoms with Gasteiger partial charge in [0.05, 0.1) is 7.05 Å². The summed E-state index contributed by atoms with van der Waals surface area (Å²) in [7, 11) is -0.737. The molecule has 0 unspecified atom stereocenters. The second-order valence-electron chi connectivity index (χ2n) is 3.46. The Bertz CT molecular complexity index is 699. The third-order valence-electron chi connectivity index (χ3n) is 2.08. The van der Waals surface area contributed by atoms with E-state index in [1.165, 1.54) is 19.3 Å². The second kappa shape index (κ2) is 5.09. The molecule has 2 heterocycles. The minimum Gasteiger partial charge on any atom is -0.372 e. The Morgan fingerprint density at radius 1 is 1.42 bits per heavy atom. The molecule has 0 aromatic carbocycles. The fraction of sp³-hybridized carbons (Fsp3) is 0.250. The zero-order valence-corrected chi connectivity index (χ0v) is 12.4. The largest absolute Gasteiger partial charge is 0.372 e. The summed E-state index contributed by atoms with van der Waals surface area (Å²) >= 11 is 3.18. The number of tetrazole rings is 1. The van der Waals surface area contributed by atoms with Gasteiger partial charge in [0.1, 0.15) is 10.7 Å². The number of halogens is 1. The van der Waals surface area contributed by atoms with E-state index in [2.05, 4.69) is 46.4 Å². The zero-order valence-electron chi connectivity index (χ0n) is 9.99. The van der Waals surface area contributed by atoms with E-state index < -0.39 is 10.0 Å². The lowest BCUT2D eigenvalue weighted by molar-refractivity contribution is 0.600. The quantitative estimate of drug-likeness (QED) is 0.812. The van der Waals surface area contributed by atoms with Crippen molar-refractivity contribution < 1.29 is 8.42 Å². The van der Waals surface area contributed by atoms with Crippen LogP contribution in [0, 0.1) is 0 Å². The number of rotatable bonds is 4. The van der Waals surface area contributed by atoms with Gasteiger partial charge in [-0.2, -0.15) is 4.80 Å². The van der Waals surface area contributed by atoms with Crippen molar-refractivity contribution in [2.75, 3.05) is 17.1 Å². The van der Waals surface area contributed by atoms with Crippen molar-refractivity contribution in [3.8, 4) is 0 Å². The Hall–Kier alpha value is -1.75. The van der Waals surface area contributed by atoms with Crippen molar-refractivity contribution in [3.05, 3.63) is 16.7 Å². The van der Waals surface area contributed by atoms with Gasteiger partial charge in [0.25, 0.3) is 16.0 Å². The molecule has 2 rings (SSSR count). The fourth-order valence-electron chi connectivity index (χ4n) is 1.31. The smallest absolute Gasteiger partial charge is 0.277 e. The van der Waals surface area contributed by atoms with E-state index in [0.29, 0.717) is 4.47 Å². The third-order valence-corrected chi connectivity index (χ3v) is 3.85. The summed E-state index contributed by atoms with van der Waals surface area (Å²) in [4.78, 5) is 5.10. The van der Waals surface area contributed by atoms with E-state index in [0.717, 1.165) is 4.80 Å². The number of nitrogens with zero attached hydrogens (tertiary/aromatic N) is 5. The molecule has 2 N–H and O–H groups in total. The summed E-state index contributed by atoms with van der Waals surface area (Å²) in [5, 5.41) is 13.6. The number of nitrogens with one attached hydrogen (secondary N) is 2. The Morgan fingerprint density at radius 2 is 2.16 bits per heavy atom. The van der Waals surface area contributed by atoms with Crippen LogP contribution in [-0.2, 0) is 17.1 Å². The summed E-state index contributed by atoms with van der Waals surface area (Å²) in [5.74, 6) is 0.115. The van der Waals surface area contributed by atoms with Crippen LogP contribution in [0.15, 0.2) is 21.6 Å². The highest BCUT2D eigenvalue weighted by Crippen LogP contribution is 2.23. The Balaban J connectivity index is 2.41. The topological polar surface area (TPSA) is 115 Å². The van der Waals surface area contributed by atoms with E-state index in [4.69, 9.17) is 0 Å². The highest BCUT2D eigenvalue weighted by molar-refractivity contribution is 9.10. The van der Waals surface area contributed by atoms with Crippen LogP contribution >= 0.6 is 15.9 Å². The van der Waals surface area contributed by atoms with Crippen molar-refractivity contribution in [2.45, 2.75) is 4.90 Å². The first-order valence-corrected chi connectivity index (χ1v) is 7.30. The summed E-state index contributed by atoms with van der Waals surface area (Å²) in [6.45, 7) is 0. The number of aryl methyl sites for hydroxylation is 1. The van der Waals surface area contributed by atoms with Crippen molar-refractivity contribution in [3.63, 3.8) is 0 Å². The average molecular weight is 348 g/mol. The molecule has 0 radical (unpaired) electrons. The van der Waals surface area contributed by atoms with Crippen molar-refractivity contribution in [1.29, 1.82) is 0 Å². The normalized spacial score (nSPS) is 11.3. The highest BCUT2D eigenvalue weighted by atomic mass is 79.9. The van der Waals surface area contributed by atoms with Crippen LogP contribution in [0.1, 0.15) is 0 Å². The predicted molar refractivity (Wildman–Crippen MR) is 71.1 cm³/mol. The van der Waals surface area contributed by atoms with Gasteiger partial charge in [-0.05, 0) is 27.2 Å². The molecule has 0 saturated carbocycles. The predicted octanol–water partition coefficient (Wildman–Crippen LogP) is 0.210. The second-order valence-corrected chi connectivity index (χ2v) is 6.02. The van der Waals surface area contributed by atoms with Crippen LogP contribution < -0.4 is 10.0 Å². The van der Waals surface area contributed by atoms with Gasteiger partial charge < -0.3 is 5.32 Å². The molecule has 102 valence electrons. The summed E-state index contributed by atoms with van der Waals surface area (Å²) in [6.07, 6.45) is 1.49. The van der Waals surface area contributed by atoms with E-state index in [-0.39, 0.29) is 16.7 Å². The Labute approximate surface area is 117 Å². The van der Waals surface area contributed by atoms with E-state index in [1.807, 2.05) is 0 Å². The van der Waals surface area contributed by atoms with Crippen LogP contribution in [0.2, 0.25) is 0 Å². The van der Waals surface area contributed by atoms with Crippen LogP contribution in [0.3, 0.4) is 0 Å². The van der Waals surface area contributed by atoms with Gasteiger partial charge in [-0.25, -0.2) is 18.1 Å². The summed E-state index contributed by atoms with van der Waals surface area (Å²) in [6, 6.07) is 1.43. The van der Waals surface area contributed by atoms with Gasteiger partial charge in [0.2, 0.25) is 0 Å². The molecular formula is C8H10BrN7O2S. The highest BCUT2D eigenvalue weighted by Gasteiger charge is 2.21. The summed E-state index contributed by atoms with van der Waals surface area (Å²) in [5.41, 5.74) is 0. The lowest BCUT2D eigenvalue weighted by atomic mass is 10.4. The van der Waals surface area contributed by atoms with Gasteiger partial charge >= 0.3 is 0 Å². The lowest BCUT2D eigenvalue weighted by Crippen LogP contribution is -2.16. The molecule has 0 aliphatic carbocycles. The van der Waals surface area contributed by atoms with Crippen molar-refractivity contribution in [2.24, 2.45) is 7.05 Å². The molecule has 0 fully saturated rings. The van der Waals surface area contributed by atoms with Crippen LogP contribution in [-0.4, -0.2) is 40.7 Å². The molecule has 0 bridgehead atoms. The number of aromatic nitrogens is 5. The van der Waals surface area contributed by atoms with Crippen LogP contribution in [0.25, 0.3) is 0 Å². The van der Waals surface area contributed by atoms with E-state index in [9.17, 15) is 8.42 Å². The molecule has 0 aliphatic rings. The molecule has 2 aromatic rings. The molecular weight excluding hydrogens is 338 g/mol. The number of anilines is 2. The number of hydrogen-bond donors (Lipinski definition) is 2. The number of sulfonamides is 1. The molecule has 11 heteroatoms. The Kier molecular flexibility index (Phi) is 3.66. The van der Waals surface area contributed by atoms with Crippen LogP contribution in [0.4, 0.5) is 11.8 Å². The van der Waals surface area contributed by atoms with Gasteiger partial charge in [0.15, 0.2) is 0 Å². The zero-order chi connectivity index (χ0) is 14.0. The third kappa shape index (κ3) is 2.98. The minimum absolute atomic E-state index is 0.0168. The molecule has 0 spiro atoms. The van der Waals surface area contributed by atoms with Crippen molar-refractivity contribution in [1.82, 2.24) is 25.2 Å². The maximum atomic E-state index is 12.2. The first-order chi connectivity index (χ1) is 8.92. The maximum absolute atomic E-state index is 12.2. The molecule has 0 amide bonds. The standard InChI is InChI=1S/C8H10BrN7O2S/c1-10-7-6(3-5(9)4-11-7)19(17,18)14-8-12-15-16(2)13-8/h3-4H,1-2H3,(H,10,11)(H,13,14). The summed E-state index contributed by atoms with van der Waals surface area (Å²) < 4.78 is 27.2. The SMILES string of the molecule is CNc1ncc(Br)cc1S(=O)(=O)Nc1nnn(C)n1. The van der Waals surface area contributed by atoms with Gasteiger partial charge in [-0.15, -0.1) is 5.10 Å². The fourth-order valence-corrected chi connectivity index (χ4v) is 2.92. The van der Waals surface area contributed by atoms with Crippen molar-refractivity contribution >= 4 is 37.7 Å². The average Bonchev–Trinajstić information content (AvgIpc) is 2.74. The van der Waals surface area contributed by atoms with Gasteiger partial charge in [-0.1, -0.05) is 5.10 Å². The van der Waals surface area contributed by atoms with Gasteiger partial charge in [0, 0.05) is 17.7 Å². The number of hydrogen-bond acceptors (Lipinski definition) is 7. The Morgan fingerprint density at radius 3 is 2.74 bits per heavy atom. The number of pyridine rings is 1. The van der Waals surface area contributed by atoms with E-state index >= 15 is 0 Å². The van der Waals surface area contributed by atoms with Crippen LogP contribution in [0.5, 0.6) is 0 Å². The molecule has 2 aromatic heterocycles. The first kappa shape index (κ1) is 13.7. The molecule has 0 atom stereocenters. The van der Waals surface area contributed by atoms with Gasteiger partial charge in [-0.3, -0.25) is 0 Å². The molecule has 0 saturated heterocycles. The monoisotopic (exact) mass is 347 g/mol. The van der Waals surface area contributed by atoms with E-state index in [1.54, 1.807) is 7.05 Å².